The molecule has 24 heavy (non-hydrogen) atoms. The molecule has 3 aromatic rings. The minimum Gasteiger partial charge on any atom is -0.490 e. The summed E-state index contributed by atoms with van der Waals surface area (Å²) in [5.74, 6) is 0.973. The molecule has 0 saturated carbocycles. The summed E-state index contributed by atoms with van der Waals surface area (Å²) >= 11 is 0. The van der Waals surface area contributed by atoms with Crippen LogP contribution in [0.2, 0.25) is 0 Å². The maximum atomic E-state index is 11.4. The molecule has 7 heteroatoms. The minimum absolute atomic E-state index is 0.109. The standard InChI is InChI=1S/C17H17N3O4/c1-4-24-15-9-11(8-14(20(21)22)16(15)23-3)17-18-12-6-5-10(2)7-13(12)19-17/h5-9H,4H2,1-3H3,(H,18,19). The first kappa shape index (κ1) is 15.8. The van der Waals surface area contributed by atoms with Gasteiger partial charge < -0.3 is 14.5 Å². The number of benzene rings is 2. The molecule has 0 aliphatic carbocycles. The maximum absolute atomic E-state index is 11.4. The number of nitro groups is 1. The Bertz CT molecular complexity index is 918. The second-order valence-corrected chi connectivity index (χ2v) is 5.32. The average Bonchev–Trinajstić information content (AvgIpc) is 2.97. The summed E-state index contributed by atoms with van der Waals surface area (Å²) in [5, 5.41) is 11.4. The fourth-order valence-electron chi connectivity index (χ4n) is 2.59. The Kier molecular flexibility index (Phi) is 4.07. The van der Waals surface area contributed by atoms with Crippen molar-refractivity contribution in [2.45, 2.75) is 13.8 Å². The first-order valence-corrected chi connectivity index (χ1v) is 7.49. The lowest BCUT2D eigenvalue weighted by Crippen LogP contribution is -2.00. The van der Waals surface area contributed by atoms with Gasteiger partial charge in [-0.2, -0.15) is 0 Å². The van der Waals surface area contributed by atoms with Crippen molar-refractivity contribution in [1.29, 1.82) is 0 Å². The van der Waals surface area contributed by atoms with Crippen LogP contribution < -0.4 is 9.47 Å². The van der Waals surface area contributed by atoms with Gasteiger partial charge >= 0.3 is 5.69 Å². The SMILES string of the molecule is CCOc1cc(-c2nc3ccc(C)cc3[nH]2)cc([N+](=O)[O-])c1OC. The zero-order chi connectivity index (χ0) is 17.3. The second-order valence-electron chi connectivity index (χ2n) is 5.32. The predicted molar refractivity (Wildman–Crippen MR) is 90.6 cm³/mol. The topological polar surface area (TPSA) is 90.3 Å². The van der Waals surface area contributed by atoms with Gasteiger partial charge in [0.05, 0.1) is 29.7 Å². The molecule has 0 spiro atoms. The van der Waals surface area contributed by atoms with E-state index < -0.39 is 4.92 Å². The van der Waals surface area contributed by atoms with Crippen LogP contribution in [0.25, 0.3) is 22.4 Å². The summed E-state index contributed by atoms with van der Waals surface area (Å²) in [6.45, 7) is 4.17. The van der Waals surface area contributed by atoms with E-state index in [1.54, 1.807) is 6.07 Å². The van der Waals surface area contributed by atoms with Crippen molar-refractivity contribution in [1.82, 2.24) is 9.97 Å². The second kappa shape index (κ2) is 6.19. The number of H-pyrrole nitrogens is 1. The fourth-order valence-corrected chi connectivity index (χ4v) is 2.59. The third-order valence-corrected chi connectivity index (χ3v) is 3.65. The van der Waals surface area contributed by atoms with Crippen molar-refractivity contribution in [3.63, 3.8) is 0 Å². The number of hydrogen-bond donors (Lipinski definition) is 1. The summed E-state index contributed by atoms with van der Waals surface area (Å²) in [5.41, 5.74) is 3.19. The number of nitrogens with one attached hydrogen (secondary N) is 1. The number of nitrogens with zero attached hydrogens (tertiary/aromatic N) is 2. The van der Waals surface area contributed by atoms with E-state index in [1.165, 1.54) is 13.2 Å². The first-order chi connectivity index (χ1) is 11.5. The van der Waals surface area contributed by atoms with Crippen molar-refractivity contribution in [3.8, 4) is 22.9 Å². The number of rotatable bonds is 5. The summed E-state index contributed by atoms with van der Waals surface area (Å²) in [6, 6.07) is 8.99. The molecule has 3 rings (SSSR count). The van der Waals surface area contributed by atoms with Gasteiger partial charge in [-0.05, 0) is 37.6 Å². The quantitative estimate of drug-likeness (QED) is 0.568. The number of methoxy groups -OCH3 is 1. The molecule has 0 amide bonds. The van der Waals surface area contributed by atoms with Gasteiger partial charge in [0, 0.05) is 11.6 Å². The number of nitro benzene ring substituents is 1. The Morgan fingerprint density at radius 2 is 2.08 bits per heavy atom. The molecular weight excluding hydrogens is 310 g/mol. The molecule has 1 N–H and O–H groups in total. The van der Waals surface area contributed by atoms with Crippen molar-refractivity contribution in [2.24, 2.45) is 0 Å². The smallest absolute Gasteiger partial charge is 0.315 e. The molecule has 0 aliphatic rings. The van der Waals surface area contributed by atoms with Crippen LogP contribution in [0, 0.1) is 17.0 Å². The zero-order valence-electron chi connectivity index (χ0n) is 13.6. The van der Waals surface area contributed by atoms with Crippen LogP contribution in [0.1, 0.15) is 12.5 Å². The lowest BCUT2D eigenvalue weighted by atomic mass is 10.1. The molecule has 7 nitrogen and oxygen atoms in total. The van der Waals surface area contributed by atoms with Gasteiger partial charge in [0.25, 0.3) is 0 Å². The molecule has 0 unspecified atom stereocenters. The molecule has 0 saturated heterocycles. The molecule has 0 bridgehead atoms. The monoisotopic (exact) mass is 327 g/mol. The Morgan fingerprint density at radius 3 is 2.75 bits per heavy atom. The van der Waals surface area contributed by atoms with Crippen molar-refractivity contribution >= 4 is 16.7 Å². The van der Waals surface area contributed by atoms with Crippen molar-refractivity contribution in [2.75, 3.05) is 13.7 Å². The maximum Gasteiger partial charge on any atom is 0.315 e. The number of aromatic nitrogens is 2. The molecule has 2 aromatic carbocycles. The molecule has 1 aromatic heterocycles. The minimum atomic E-state index is -0.488. The molecule has 0 fully saturated rings. The van der Waals surface area contributed by atoms with Gasteiger partial charge in [0.2, 0.25) is 5.75 Å². The third kappa shape index (κ3) is 2.76. The van der Waals surface area contributed by atoms with E-state index in [4.69, 9.17) is 9.47 Å². The lowest BCUT2D eigenvalue weighted by Gasteiger charge is -2.11. The van der Waals surface area contributed by atoms with Crippen molar-refractivity contribution in [3.05, 3.63) is 46.0 Å². The molecule has 0 atom stereocenters. The number of aromatic amines is 1. The molecule has 1 heterocycles. The fraction of sp³-hybridized carbons (Fsp3) is 0.235. The number of ether oxygens (including phenoxy) is 2. The summed E-state index contributed by atoms with van der Waals surface area (Å²) < 4.78 is 10.7. The molecule has 0 radical (unpaired) electrons. The van der Waals surface area contributed by atoms with E-state index in [0.29, 0.717) is 23.7 Å². The predicted octanol–water partition coefficient (Wildman–Crippen LogP) is 3.85. The van der Waals surface area contributed by atoms with Crippen LogP contribution in [-0.4, -0.2) is 28.6 Å². The van der Waals surface area contributed by atoms with Crippen LogP contribution in [0.3, 0.4) is 0 Å². The van der Waals surface area contributed by atoms with E-state index in [9.17, 15) is 10.1 Å². The van der Waals surface area contributed by atoms with E-state index in [-0.39, 0.29) is 11.4 Å². The van der Waals surface area contributed by atoms with Gasteiger partial charge in [-0.25, -0.2) is 4.98 Å². The number of aryl methyl sites for hydroxylation is 1. The zero-order valence-corrected chi connectivity index (χ0v) is 13.6. The van der Waals surface area contributed by atoms with Crippen LogP contribution in [-0.2, 0) is 0 Å². The molecule has 0 aliphatic heterocycles. The number of imidazole rings is 1. The normalized spacial score (nSPS) is 10.8. The lowest BCUT2D eigenvalue weighted by molar-refractivity contribution is -0.385. The summed E-state index contributed by atoms with van der Waals surface area (Å²) in [6.07, 6.45) is 0. The molecule has 124 valence electrons. The van der Waals surface area contributed by atoms with Crippen LogP contribution in [0.4, 0.5) is 5.69 Å². The van der Waals surface area contributed by atoms with E-state index in [0.717, 1.165) is 16.6 Å². The number of fused-ring (bicyclic) bond motifs is 1. The van der Waals surface area contributed by atoms with E-state index in [2.05, 4.69) is 9.97 Å². The van der Waals surface area contributed by atoms with E-state index in [1.807, 2.05) is 32.0 Å². The van der Waals surface area contributed by atoms with Gasteiger partial charge in [-0.1, -0.05) is 6.07 Å². The Hall–Kier alpha value is -3.09. The Balaban J connectivity index is 2.19. The van der Waals surface area contributed by atoms with E-state index >= 15 is 0 Å². The highest BCUT2D eigenvalue weighted by Gasteiger charge is 2.23. The van der Waals surface area contributed by atoms with Crippen LogP contribution in [0.5, 0.6) is 11.5 Å². The van der Waals surface area contributed by atoms with Gasteiger partial charge in [0.1, 0.15) is 5.82 Å². The average molecular weight is 327 g/mol. The third-order valence-electron chi connectivity index (χ3n) is 3.65. The highest BCUT2D eigenvalue weighted by atomic mass is 16.6. The van der Waals surface area contributed by atoms with Crippen molar-refractivity contribution < 1.29 is 14.4 Å². The summed E-state index contributed by atoms with van der Waals surface area (Å²) in [4.78, 5) is 18.6. The molecular formula is C17H17N3O4. The number of hydrogen-bond acceptors (Lipinski definition) is 5. The van der Waals surface area contributed by atoms with Gasteiger partial charge in [-0.15, -0.1) is 0 Å². The van der Waals surface area contributed by atoms with Crippen LogP contribution >= 0.6 is 0 Å². The first-order valence-electron chi connectivity index (χ1n) is 7.49. The van der Waals surface area contributed by atoms with Gasteiger partial charge in [0.15, 0.2) is 5.75 Å². The highest BCUT2D eigenvalue weighted by molar-refractivity contribution is 5.81. The van der Waals surface area contributed by atoms with Crippen LogP contribution in [0.15, 0.2) is 30.3 Å². The van der Waals surface area contributed by atoms with Gasteiger partial charge in [-0.3, -0.25) is 10.1 Å². The largest absolute Gasteiger partial charge is 0.490 e. The summed E-state index contributed by atoms with van der Waals surface area (Å²) in [7, 11) is 1.38. The Morgan fingerprint density at radius 1 is 1.29 bits per heavy atom. The Labute approximate surface area is 138 Å². The highest BCUT2D eigenvalue weighted by Crippen LogP contribution is 2.40.